The highest BCUT2D eigenvalue weighted by atomic mass is 35.5. The number of benzene rings is 1. The van der Waals surface area contributed by atoms with Gasteiger partial charge in [-0.2, -0.15) is 10.1 Å². The average Bonchev–Trinajstić information content (AvgIpc) is 3.02. The third-order valence-electron chi connectivity index (χ3n) is 3.60. The van der Waals surface area contributed by atoms with Crippen molar-refractivity contribution in [3.63, 3.8) is 0 Å². The van der Waals surface area contributed by atoms with E-state index in [1.165, 1.54) is 5.01 Å². The predicted octanol–water partition coefficient (Wildman–Crippen LogP) is 2.78. The number of rotatable bonds is 2. The third-order valence-corrected chi connectivity index (χ3v) is 4.09. The van der Waals surface area contributed by atoms with Gasteiger partial charge in [0.05, 0.1) is 29.4 Å². The number of aryl methyl sites for hydroxylation is 1. The molecule has 0 unspecified atom stereocenters. The van der Waals surface area contributed by atoms with Crippen LogP contribution in [0.4, 0.5) is 5.69 Å². The van der Waals surface area contributed by atoms with Crippen molar-refractivity contribution in [3.05, 3.63) is 28.8 Å². The van der Waals surface area contributed by atoms with Crippen LogP contribution in [0.3, 0.4) is 0 Å². The Labute approximate surface area is 117 Å². The second-order valence-corrected chi connectivity index (χ2v) is 5.32. The molecular weight excluding hydrogens is 264 g/mol. The fourth-order valence-electron chi connectivity index (χ4n) is 2.46. The molecule has 1 atom stereocenters. The summed E-state index contributed by atoms with van der Waals surface area (Å²) in [5, 5.41) is 6.48. The van der Waals surface area contributed by atoms with Crippen molar-refractivity contribution in [1.82, 2.24) is 0 Å². The first kappa shape index (κ1) is 12.6. The van der Waals surface area contributed by atoms with Gasteiger partial charge in [0, 0.05) is 12.5 Å². The van der Waals surface area contributed by atoms with Crippen LogP contribution in [0.15, 0.2) is 23.3 Å². The molecule has 5 heteroatoms. The molecular formula is C14H15ClN2O2. The van der Waals surface area contributed by atoms with Crippen molar-refractivity contribution < 1.29 is 9.53 Å². The first-order valence-electron chi connectivity index (χ1n) is 6.40. The van der Waals surface area contributed by atoms with Gasteiger partial charge in [0.25, 0.3) is 5.91 Å². The number of ether oxygens (including phenoxy) is 1. The summed E-state index contributed by atoms with van der Waals surface area (Å²) in [4.78, 5) is 12.1. The van der Waals surface area contributed by atoms with Crippen molar-refractivity contribution in [2.24, 2.45) is 11.0 Å². The van der Waals surface area contributed by atoms with E-state index in [0.717, 1.165) is 24.3 Å². The molecule has 3 rings (SSSR count). The van der Waals surface area contributed by atoms with Gasteiger partial charge in [0.15, 0.2) is 0 Å². The largest absolute Gasteiger partial charge is 0.381 e. The second-order valence-electron chi connectivity index (χ2n) is 4.94. The first-order valence-corrected chi connectivity index (χ1v) is 6.78. The molecule has 0 radical (unpaired) electrons. The number of carbonyl (C=O) groups is 1. The Kier molecular flexibility index (Phi) is 3.29. The Morgan fingerprint density at radius 2 is 2.32 bits per heavy atom. The molecule has 2 aliphatic rings. The molecule has 0 aromatic heterocycles. The van der Waals surface area contributed by atoms with Crippen molar-refractivity contribution in [2.45, 2.75) is 19.8 Å². The first-order chi connectivity index (χ1) is 9.16. The Morgan fingerprint density at radius 3 is 3.05 bits per heavy atom. The SMILES string of the molecule is Cc1cccc(N2N=C([C@H]3CCOC3)CC2=O)c1Cl. The van der Waals surface area contributed by atoms with Gasteiger partial charge < -0.3 is 4.74 Å². The Bertz CT molecular complexity index is 550. The van der Waals surface area contributed by atoms with Crippen LogP contribution in [-0.2, 0) is 9.53 Å². The lowest BCUT2D eigenvalue weighted by Crippen LogP contribution is -2.20. The van der Waals surface area contributed by atoms with Crippen LogP contribution >= 0.6 is 11.6 Å². The van der Waals surface area contributed by atoms with E-state index in [0.29, 0.717) is 23.7 Å². The van der Waals surface area contributed by atoms with Crippen LogP contribution < -0.4 is 5.01 Å². The Morgan fingerprint density at radius 1 is 1.47 bits per heavy atom. The highest BCUT2D eigenvalue weighted by Crippen LogP contribution is 2.32. The Balaban J connectivity index is 1.92. The molecule has 1 saturated heterocycles. The van der Waals surface area contributed by atoms with Gasteiger partial charge in [0.1, 0.15) is 0 Å². The monoisotopic (exact) mass is 278 g/mol. The zero-order chi connectivity index (χ0) is 13.4. The summed E-state index contributed by atoms with van der Waals surface area (Å²) in [5.41, 5.74) is 2.53. The highest BCUT2D eigenvalue weighted by Gasteiger charge is 2.32. The number of amides is 1. The smallest absolute Gasteiger partial charge is 0.253 e. The maximum atomic E-state index is 12.1. The molecule has 0 N–H and O–H groups in total. The molecule has 2 heterocycles. The molecule has 0 bridgehead atoms. The highest BCUT2D eigenvalue weighted by molar-refractivity contribution is 6.35. The van der Waals surface area contributed by atoms with Crippen LogP contribution in [0.5, 0.6) is 0 Å². The molecule has 1 aromatic rings. The number of nitrogens with zero attached hydrogens (tertiary/aromatic N) is 2. The summed E-state index contributed by atoms with van der Waals surface area (Å²) >= 11 is 6.26. The van der Waals surface area contributed by atoms with Crippen LogP contribution in [0, 0.1) is 12.8 Å². The number of carbonyl (C=O) groups excluding carboxylic acids is 1. The van der Waals surface area contributed by atoms with Gasteiger partial charge in [0.2, 0.25) is 0 Å². The quantitative estimate of drug-likeness (QED) is 0.835. The molecule has 0 spiro atoms. The van der Waals surface area contributed by atoms with E-state index >= 15 is 0 Å². The summed E-state index contributed by atoms with van der Waals surface area (Å²) in [5.74, 6) is 0.256. The van der Waals surface area contributed by atoms with Gasteiger partial charge in [-0.05, 0) is 25.0 Å². The third kappa shape index (κ3) is 2.26. The van der Waals surface area contributed by atoms with Gasteiger partial charge in [-0.25, -0.2) is 0 Å². The normalized spacial score (nSPS) is 23.1. The summed E-state index contributed by atoms with van der Waals surface area (Å²) in [6.07, 6.45) is 1.32. The van der Waals surface area contributed by atoms with Crippen LogP contribution in [0.25, 0.3) is 0 Å². The standard InChI is InChI=1S/C14H15ClN2O2/c1-9-3-2-4-12(14(9)15)17-13(18)7-11(16-17)10-5-6-19-8-10/h2-4,10H,5-8H2,1H3/t10-/m0/s1. The zero-order valence-corrected chi connectivity index (χ0v) is 11.5. The molecule has 19 heavy (non-hydrogen) atoms. The van der Waals surface area contributed by atoms with Crippen LogP contribution in [0.2, 0.25) is 5.02 Å². The fraction of sp³-hybridized carbons (Fsp3) is 0.429. The molecule has 1 fully saturated rings. The summed E-state index contributed by atoms with van der Waals surface area (Å²) in [7, 11) is 0. The van der Waals surface area contributed by atoms with Gasteiger partial charge in [-0.3, -0.25) is 4.79 Å². The molecule has 1 aromatic carbocycles. The lowest BCUT2D eigenvalue weighted by molar-refractivity contribution is -0.116. The number of hydrogen-bond acceptors (Lipinski definition) is 3. The van der Waals surface area contributed by atoms with Crippen molar-refractivity contribution in [2.75, 3.05) is 18.2 Å². The fourth-order valence-corrected chi connectivity index (χ4v) is 2.66. The molecule has 2 aliphatic heterocycles. The van der Waals surface area contributed by atoms with E-state index in [9.17, 15) is 4.79 Å². The van der Waals surface area contributed by atoms with Gasteiger partial charge >= 0.3 is 0 Å². The summed E-state index contributed by atoms with van der Waals surface area (Å²) in [6, 6.07) is 5.63. The van der Waals surface area contributed by atoms with Crippen molar-refractivity contribution in [1.29, 1.82) is 0 Å². The van der Waals surface area contributed by atoms with E-state index < -0.39 is 0 Å². The number of hydrogen-bond donors (Lipinski definition) is 0. The second kappa shape index (κ2) is 4.94. The maximum absolute atomic E-state index is 12.1. The zero-order valence-electron chi connectivity index (χ0n) is 10.7. The summed E-state index contributed by atoms with van der Waals surface area (Å²) < 4.78 is 5.35. The maximum Gasteiger partial charge on any atom is 0.253 e. The number of hydrazone groups is 1. The minimum Gasteiger partial charge on any atom is -0.381 e. The molecule has 0 aliphatic carbocycles. The molecule has 100 valence electrons. The minimum atomic E-state index is -0.0191. The van der Waals surface area contributed by atoms with E-state index in [2.05, 4.69) is 5.10 Å². The van der Waals surface area contributed by atoms with Gasteiger partial charge in [-0.1, -0.05) is 23.7 Å². The lowest BCUT2D eigenvalue weighted by atomic mass is 10.0. The van der Waals surface area contributed by atoms with Crippen LogP contribution in [0.1, 0.15) is 18.4 Å². The topological polar surface area (TPSA) is 41.9 Å². The van der Waals surface area contributed by atoms with E-state index in [1.54, 1.807) is 0 Å². The molecule has 4 nitrogen and oxygen atoms in total. The number of halogens is 1. The average molecular weight is 279 g/mol. The van der Waals surface area contributed by atoms with E-state index in [-0.39, 0.29) is 11.8 Å². The molecule has 1 amide bonds. The van der Waals surface area contributed by atoms with Crippen LogP contribution in [-0.4, -0.2) is 24.8 Å². The van der Waals surface area contributed by atoms with Gasteiger partial charge in [-0.15, -0.1) is 0 Å². The predicted molar refractivity (Wildman–Crippen MR) is 74.7 cm³/mol. The summed E-state index contributed by atoms with van der Waals surface area (Å²) in [6.45, 7) is 3.34. The Hall–Kier alpha value is -1.39. The minimum absolute atomic E-state index is 0.0191. The molecule has 0 saturated carbocycles. The van der Waals surface area contributed by atoms with Crippen molar-refractivity contribution in [3.8, 4) is 0 Å². The lowest BCUT2D eigenvalue weighted by Gasteiger charge is -2.14. The van der Waals surface area contributed by atoms with E-state index in [1.807, 2.05) is 25.1 Å². The van der Waals surface area contributed by atoms with Crippen molar-refractivity contribution >= 4 is 28.9 Å². The number of anilines is 1. The van der Waals surface area contributed by atoms with E-state index in [4.69, 9.17) is 16.3 Å².